The number of carbonyl (C=O) groups excluding carboxylic acids is 2. The number of aromatic nitrogens is 2. The van der Waals surface area contributed by atoms with Crippen LogP contribution in [0.2, 0.25) is 0 Å². The molecular weight excluding hydrogens is 416 g/mol. The molecule has 0 spiro atoms. The van der Waals surface area contributed by atoms with Crippen LogP contribution >= 0.6 is 0 Å². The van der Waals surface area contributed by atoms with Gasteiger partial charge in [0, 0.05) is 42.3 Å². The van der Waals surface area contributed by atoms with Gasteiger partial charge in [-0.1, -0.05) is 18.2 Å². The van der Waals surface area contributed by atoms with Crippen LogP contribution in [0.3, 0.4) is 0 Å². The molecule has 2 fully saturated rings. The summed E-state index contributed by atoms with van der Waals surface area (Å²) in [5, 5.41) is 12.1. The van der Waals surface area contributed by atoms with Gasteiger partial charge in [-0.2, -0.15) is 0 Å². The summed E-state index contributed by atoms with van der Waals surface area (Å²) in [6.45, 7) is 0.402. The third-order valence-corrected chi connectivity index (χ3v) is 5.59. The third-order valence-electron chi connectivity index (χ3n) is 5.59. The van der Waals surface area contributed by atoms with Crippen molar-refractivity contribution in [2.75, 3.05) is 10.6 Å². The minimum atomic E-state index is -0.285. The largest absolute Gasteiger partial charge is 0.367 e. The molecule has 0 atom stereocenters. The fraction of sp³-hybridized carbons (Fsp3) is 0.280. The smallest absolute Gasteiger partial charge is 0.319 e. The molecular formula is C25H26N6O2. The minimum absolute atomic E-state index is 0.0726. The lowest BCUT2D eigenvalue weighted by molar-refractivity contribution is 0.0951. The van der Waals surface area contributed by atoms with Crippen molar-refractivity contribution >= 4 is 23.4 Å². The second-order valence-electron chi connectivity index (χ2n) is 8.51. The number of urea groups is 1. The van der Waals surface area contributed by atoms with E-state index >= 15 is 0 Å². The molecule has 2 aliphatic carbocycles. The Bertz CT molecular complexity index is 1140. The Balaban J connectivity index is 1.25. The zero-order valence-electron chi connectivity index (χ0n) is 18.2. The molecule has 3 amide bonds. The average molecular weight is 443 g/mol. The Morgan fingerprint density at radius 1 is 0.939 bits per heavy atom. The molecule has 0 bridgehead atoms. The Morgan fingerprint density at radius 2 is 1.73 bits per heavy atom. The van der Waals surface area contributed by atoms with E-state index in [4.69, 9.17) is 4.98 Å². The van der Waals surface area contributed by atoms with Crippen LogP contribution in [0.25, 0.3) is 11.3 Å². The number of pyridine rings is 2. The van der Waals surface area contributed by atoms with Gasteiger partial charge in [-0.15, -0.1) is 0 Å². The molecule has 1 aromatic carbocycles. The Morgan fingerprint density at radius 3 is 2.42 bits per heavy atom. The summed E-state index contributed by atoms with van der Waals surface area (Å²) < 4.78 is 0. The summed E-state index contributed by atoms with van der Waals surface area (Å²) in [6, 6.07) is 15.3. The maximum absolute atomic E-state index is 12.6. The van der Waals surface area contributed by atoms with Gasteiger partial charge in [0.2, 0.25) is 0 Å². The molecule has 3 aromatic rings. The molecule has 0 saturated heterocycles. The minimum Gasteiger partial charge on any atom is -0.367 e. The first-order valence-corrected chi connectivity index (χ1v) is 11.3. The molecule has 2 heterocycles. The number of anilines is 2. The molecule has 33 heavy (non-hydrogen) atoms. The third kappa shape index (κ3) is 5.65. The SMILES string of the molecule is O=C(NCc1cccnc1)Nc1ccc(-c2ccc(C(=O)NC3CC3)c(NC3CC3)n2)cc1. The number of nitrogens with zero attached hydrogens (tertiary/aromatic N) is 2. The first-order valence-electron chi connectivity index (χ1n) is 11.3. The van der Waals surface area contributed by atoms with E-state index in [2.05, 4.69) is 26.3 Å². The molecule has 0 aliphatic heterocycles. The van der Waals surface area contributed by atoms with Gasteiger partial charge in [-0.25, -0.2) is 9.78 Å². The van der Waals surface area contributed by atoms with Gasteiger partial charge in [0.05, 0.1) is 11.3 Å². The van der Waals surface area contributed by atoms with Crippen molar-refractivity contribution in [1.29, 1.82) is 0 Å². The highest BCUT2D eigenvalue weighted by atomic mass is 16.2. The molecule has 2 aromatic heterocycles. The maximum atomic E-state index is 12.6. The lowest BCUT2D eigenvalue weighted by Crippen LogP contribution is -2.28. The molecule has 0 radical (unpaired) electrons. The number of benzene rings is 1. The van der Waals surface area contributed by atoms with Crippen LogP contribution in [-0.2, 0) is 6.54 Å². The fourth-order valence-corrected chi connectivity index (χ4v) is 3.41. The predicted octanol–water partition coefficient (Wildman–Crippen LogP) is 3.93. The zero-order valence-corrected chi connectivity index (χ0v) is 18.2. The number of amides is 3. The van der Waals surface area contributed by atoms with Crippen LogP contribution in [0.15, 0.2) is 60.9 Å². The standard InChI is InChI=1S/C25H26N6O2/c32-24(29-19-9-10-19)21-11-12-22(31-23(21)28-18-7-8-18)17-3-5-20(6-4-17)30-25(33)27-15-16-2-1-13-26-14-16/h1-6,11-14,18-19H,7-10,15H2,(H,28,31)(H,29,32)(H2,27,30,33). The van der Waals surface area contributed by atoms with Crippen molar-refractivity contribution in [3.05, 3.63) is 72.1 Å². The number of hydrogen-bond acceptors (Lipinski definition) is 5. The van der Waals surface area contributed by atoms with Gasteiger partial charge >= 0.3 is 6.03 Å². The average Bonchev–Trinajstić information content (AvgIpc) is 3.76. The van der Waals surface area contributed by atoms with Crippen molar-refractivity contribution in [3.63, 3.8) is 0 Å². The maximum Gasteiger partial charge on any atom is 0.319 e. The summed E-state index contributed by atoms with van der Waals surface area (Å²) in [6.07, 6.45) is 7.70. The quantitative estimate of drug-likeness (QED) is 0.423. The summed E-state index contributed by atoms with van der Waals surface area (Å²) in [5.41, 5.74) is 3.87. The van der Waals surface area contributed by atoms with Crippen molar-refractivity contribution in [1.82, 2.24) is 20.6 Å². The monoisotopic (exact) mass is 442 g/mol. The number of nitrogens with one attached hydrogen (secondary N) is 4. The van der Waals surface area contributed by atoms with E-state index in [0.29, 0.717) is 35.7 Å². The molecule has 8 heteroatoms. The van der Waals surface area contributed by atoms with Gasteiger partial charge in [-0.05, 0) is 61.6 Å². The predicted molar refractivity (Wildman–Crippen MR) is 127 cm³/mol. The number of carbonyl (C=O) groups is 2. The van der Waals surface area contributed by atoms with Gasteiger partial charge in [0.15, 0.2) is 0 Å². The van der Waals surface area contributed by atoms with Gasteiger partial charge in [0.1, 0.15) is 5.82 Å². The normalized spacial score (nSPS) is 14.9. The van der Waals surface area contributed by atoms with Crippen molar-refractivity contribution in [2.45, 2.75) is 44.3 Å². The topological polar surface area (TPSA) is 108 Å². The van der Waals surface area contributed by atoms with Crippen LogP contribution < -0.4 is 21.3 Å². The van der Waals surface area contributed by atoms with Crippen LogP contribution in [0, 0.1) is 0 Å². The lowest BCUT2D eigenvalue weighted by atomic mass is 10.1. The van der Waals surface area contributed by atoms with E-state index in [1.807, 2.05) is 48.5 Å². The first-order chi connectivity index (χ1) is 16.1. The highest BCUT2D eigenvalue weighted by molar-refractivity contribution is 5.99. The molecule has 0 unspecified atom stereocenters. The number of hydrogen-bond donors (Lipinski definition) is 4. The van der Waals surface area contributed by atoms with Gasteiger partial charge < -0.3 is 21.3 Å². The van der Waals surface area contributed by atoms with Crippen LogP contribution in [0.5, 0.6) is 0 Å². The zero-order chi connectivity index (χ0) is 22.6. The highest BCUT2D eigenvalue weighted by Crippen LogP contribution is 2.29. The molecule has 8 nitrogen and oxygen atoms in total. The fourth-order valence-electron chi connectivity index (χ4n) is 3.41. The molecule has 4 N–H and O–H groups in total. The highest BCUT2D eigenvalue weighted by Gasteiger charge is 2.28. The first kappa shape index (κ1) is 20.9. The Kier molecular flexibility index (Phi) is 5.89. The van der Waals surface area contributed by atoms with Crippen molar-refractivity contribution in [2.24, 2.45) is 0 Å². The van der Waals surface area contributed by atoms with E-state index in [1.165, 1.54) is 0 Å². The summed E-state index contributed by atoms with van der Waals surface area (Å²) in [4.78, 5) is 33.6. The molecule has 2 saturated carbocycles. The van der Waals surface area contributed by atoms with Crippen molar-refractivity contribution in [3.8, 4) is 11.3 Å². The van der Waals surface area contributed by atoms with Crippen molar-refractivity contribution < 1.29 is 9.59 Å². The molecule has 5 rings (SSSR count). The van der Waals surface area contributed by atoms with Crippen LogP contribution in [0.4, 0.5) is 16.3 Å². The summed E-state index contributed by atoms with van der Waals surface area (Å²) >= 11 is 0. The van der Waals surface area contributed by atoms with Gasteiger partial charge in [-0.3, -0.25) is 9.78 Å². The summed E-state index contributed by atoms with van der Waals surface area (Å²) in [5.74, 6) is 0.557. The summed E-state index contributed by atoms with van der Waals surface area (Å²) in [7, 11) is 0. The number of rotatable bonds is 8. The van der Waals surface area contributed by atoms with E-state index in [0.717, 1.165) is 42.5 Å². The van der Waals surface area contributed by atoms with E-state index < -0.39 is 0 Å². The second kappa shape index (κ2) is 9.28. The van der Waals surface area contributed by atoms with Crippen LogP contribution in [-0.4, -0.2) is 34.0 Å². The van der Waals surface area contributed by atoms with Gasteiger partial charge in [0.25, 0.3) is 5.91 Å². The lowest BCUT2D eigenvalue weighted by Gasteiger charge is -2.13. The van der Waals surface area contributed by atoms with E-state index in [1.54, 1.807) is 12.4 Å². The van der Waals surface area contributed by atoms with Crippen LogP contribution in [0.1, 0.15) is 41.6 Å². The Labute approximate surface area is 192 Å². The second-order valence-corrected chi connectivity index (χ2v) is 8.51. The van der Waals surface area contributed by atoms with E-state index in [-0.39, 0.29) is 11.9 Å². The van der Waals surface area contributed by atoms with E-state index in [9.17, 15) is 9.59 Å². The Hall–Kier alpha value is -3.94. The molecule has 2 aliphatic rings. The molecule has 168 valence electrons.